The van der Waals surface area contributed by atoms with Gasteiger partial charge in [-0.1, -0.05) is 48.0 Å². The number of hydrogen-bond donors (Lipinski definition) is 1. The molecule has 138 valence electrons. The van der Waals surface area contributed by atoms with E-state index in [2.05, 4.69) is 10.4 Å². The molecule has 1 amide bonds. The Bertz CT molecular complexity index is 997. The van der Waals surface area contributed by atoms with Crippen LogP contribution in [0.2, 0.25) is 5.02 Å². The molecule has 27 heavy (non-hydrogen) atoms. The Morgan fingerprint density at radius 1 is 1.07 bits per heavy atom. The van der Waals surface area contributed by atoms with Crippen LogP contribution in [0.1, 0.15) is 11.1 Å². The number of carbonyl (C=O) groups is 1. The van der Waals surface area contributed by atoms with Crippen LogP contribution in [0, 0.1) is 6.92 Å². The van der Waals surface area contributed by atoms with Crippen LogP contribution in [0.5, 0.6) is 0 Å². The Labute approximate surface area is 162 Å². The van der Waals surface area contributed by atoms with E-state index in [1.807, 2.05) is 43.3 Å². The summed E-state index contributed by atoms with van der Waals surface area (Å²) in [5, 5.41) is 7.86. The molecule has 6 heteroatoms. The standard InChI is InChI=1S/C21H20ClN3O2/c1-15-4-2-3-5-17(15)14-20(26)23-12-13-25-21(27)11-10-19(24-25)16-6-8-18(22)9-7-16/h2-11H,12-14H2,1H3,(H,23,26). The first-order valence-corrected chi connectivity index (χ1v) is 9.06. The molecule has 0 unspecified atom stereocenters. The van der Waals surface area contributed by atoms with Crippen molar-refractivity contribution >= 4 is 17.5 Å². The molecule has 1 N–H and O–H groups in total. The Hall–Kier alpha value is -2.92. The highest BCUT2D eigenvalue weighted by Crippen LogP contribution is 2.18. The second-order valence-corrected chi connectivity index (χ2v) is 6.68. The Balaban J connectivity index is 1.61. The van der Waals surface area contributed by atoms with E-state index < -0.39 is 0 Å². The molecule has 5 nitrogen and oxygen atoms in total. The number of nitrogens with one attached hydrogen (secondary N) is 1. The molecule has 0 aliphatic carbocycles. The van der Waals surface area contributed by atoms with Crippen LogP contribution in [0.3, 0.4) is 0 Å². The zero-order valence-electron chi connectivity index (χ0n) is 15.0. The van der Waals surface area contributed by atoms with Crippen molar-refractivity contribution in [3.63, 3.8) is 0 Å². The number of rotatable bonds is 6. The molecule has 0 bridgehead atoms. The molecule has 0 atom stereocenters. The second-order valence-electron chi connectivity index (χ2n) is 6.24. The van der Waals surface area contributed by atoms with Crippen LogP contribution >= 0.6 is 11.6 Å². The summed E-state index contributed by atoms with van der Waals surface area (Å²) in [7, 11) is 0. The third-order valence-corrected chi connectivity index (χ3v) is 4.52. The van der Waals surface area contributed by atoms with Gasteiger partial charge in [-0.3, -0.25) is 9.59 Å². The van der Waals surface area contributed by atoms with Gasteiger partial charge in [0.2, 0.25) is 5.91 Å². The average Bonchev–Trinajstić information content (AvgIpc) is 2.66. The van der Waals surface area contributed by atoms with E-state index in [1.54, 1.807) is 18.2 Å². The minimum absolute atomic E-state index is 0.0776. The summed E-state index contributed by atoms with van der Waals surface area (Å²) in [6, 6.07) is 18.2. The molecule has 0 aliphatic rings. The van der Waals surface area contributed by atoms with Crippen molar-refractivity contribution in [1.29, 1.82) is 0 Å². The summed E-state index contributed by atoms with van der Waals surface area (Å²) < 4.78 is 1.36. The molecule has 1 aromatic heterocycles. The summed E-state index contributed by atoms with van der Waals surface area (Å²) in [4.78, 5) is 24.2. The summed E-state index contributed by atoms with van der Waals surface area (Å²) in [6.07, 6.45) is 0.319. The van der Waals surface area contributed by atoms with Gasteiger partial charge in [0, 0.05) is 23.2 Å². The highest BCUT2D eigenvalue weighted by atomic mass is 35.5. The molecule has 0 fully saturated rings. The van der Waals surface area contributed by atoms with Gasteiger partial charge in [-0.2, -0.15) is 5.10 Å². The van der Waals surface area contributed by atoms with Crippen molar-refractivity contribution in [2.24, 2.45) is 0 Å². The van der Waals surface area contributed by atoms with E-state index in [0.717, 1.165) is 16.7 Å². The molecular weight excluding hydrogens is 362 g/mol. The van der Waals surface area contributed by atoms with Crippen molar-refractivity contribution < 1.29 is 4.79 Å². The van der Waals surface area contributed by atoms with E-state index in [9.17, 15) is 9.59 Å². The molecule has 3 rings (SSSR count). The number of halogens is 1. The van der Waals surface area contributed by atoms with Crippen LogP contribution in [0.4, 0.5) is 0 Å². The van der Waals surface area contributed by atoms with E-state index >= 15 is 0 Å². The number of aryl methyl sites for hydroxylation is 1. The second kappa shape index (κ2) is 8.64. The summed E-state index contributed by atoms with van der Waals surface area (Å²) >= 11 is 5.91. The zero-order valence-corrected chi connectivity index (χ0v) is 15.7. The van der Waals surface area contributed by atoms with E-state index in [0.29, 0.717) is 30.2 Å². The molecule has 0 radical (unpaired) electrons. The van der Waals surface area contributed by atoms with Gasteiger partial charge in [-0.15, -0.1) is 0 Å². The lowest BCUT2D eigenvalue weighted by Gasteiger charge is -2.09. The van der Waals surface area contributed by atoms with Crippen molar-refractivity contribution in [2.45, 2.75) is 19.9 Å². The average molecular weight is 382 g/mol. The van der Waals surface area contributed by atoms with Gasteiger partial charge in [0.25, 0.3) is 5.56 Å². The normalized spacial score (nSPS) is 10.6. The van der Waals surface area contributed by atoms with Gasteiger partial charge >= 0.3 is 0 Å². The van der Waals surface area contributed by atoms with E-state index in [4.69, 9.17) is 11.6 Å². The predicted octanol–water partition coefficient (Wildman–Crippen LogP) is 3.23. The summed E-state index contributed by atoms with van der Waals surface area (Å²) in [6.45, 7) is 2.62. The van der Waals surface area contributed by atoms with Gasteiger partial charge < -0.3 is 5.32 Å². The zero-order chi connectivity index (χ0) is 19.2. The first-order chi connectivity index (χ1) is 13.0. The fraction of sp³-hybridized carbons (Fsp3) is 0.190. The predicted molar refractivity (Wildman–Crippen MR) is 107 cm³/mol. The molecule has 0 saturated heterocycles. The quantitative estimate of drug-likeness (QED) is 0.713. The van der Waals surface area contributed by atoms with Crippen molar-refractivity contribution in [2.75, 3.05) is 6.54 Å². The molecular formula is C21H20ClN3O2. The first-order valence-electron chi connectivity index (χ1n) is 8.68. The maximum absolute atomic E-state index is 12.1. The SMILES string of the molecule is Cc1ccccc1CC(=O)NCCn1nc(-c2ccc(Cl)cc2)ccc1=O. The largest absolute Gasteiger partial charge is 0.354 e. The van der Waals surface area contributed by atoms with Gasteiger partial charge in [0.1, 0.15) is 0 Å². The van der Waals surface area contributed by atoms with Crippen LogP contribution < -0.4 is 10.9 Å². The Morgan fingerprint density at radius 3 is 2.56 bits per heavy atom. The van der Waals surface area contributed by atoms with Gasteiger partial charge in [-0.25, -0.2) is 4.68 Å². The van der Waals surface area contributed by atoms with Crippen LogP contribution in [0.25, 0.3) is 11.3 Å². The smallest absolute Gasteiger partial charge is 0.266 e. The molecule has 0 saturated carbocycles. The third kappa shape index (κ3) is 5.05. The molecule has 2 aromatic carbocycles. The third-order valence-electron chi connectivity index (χ3n) is 4.26. The highest BCUT2D eigenvalue weighted by Gasteiger charge is 2.07. The molecule has 1 heterocycles. The van der Waals surface area contributed by atoms with Gasteiger partial charge in [0.15, 0.2) is 0 Å². The molecule has 3 aromatic rings. The number of nitrogens with zero attached hydrogens (tertiary/aromatic N) is 2. The Kier molecular flexibility index (Phi) is 6.04. The fourth-order valence-corrected chi connectivity index (χ4v) is 2.85. The van der Waals surface area contributed by atoms with Gasteiger partial charge in [0.05, 0.1) is 18.7 Å². The number of benzene rings is 2. The summed E-state index contributed by atoms with van der Waals surface area (Å²) in [5.74, 6) is -0.0776. The molecule has 0 spiro atoms. The lowest BCUT2D eigenvalue weighted by Crippen LogP contribution is -2.32. The number of aromatic nitrogens is 2. The first kappa shape index (κ1) is 18.9. The van der Waals surface area contributed by atoms with Crippen LogP contribution in [0.15, 0.2) is 65.5 Å². The lowest BCUT2D eigenvalue weighted by atomic mass is 10.1. The fourth-order valence-electron chi connectivity index (χ4n) is 2.73. The number of hydrogen-bond acceptors (Lipinski definition) is 3. The minimum Gasteiger partial charge on any atom is -0.354 e. The highest BCUT2D eigenvalue weighted by molar-refractivity contribution is 6.30. The monoisotopic (exact) mass is 381 g/mol. The lowest BCUT2D eigenvalue weighted by molar-refractivity contribution is -0.120. The Morgan fingerprint density at radius 2 is 1.81 bits per heavy atom. The van der Waals surface area contributed by atoms with Crippen molar-refractivity contribution in [1.82, 2.24) is 15.1 Å². The van der Waals surface area contributed by atoms with Crippen LogP contribution in [-0.2, 0) is 17.8 Å². The van der Waals surface area contributed by atoms with E-state index in [-0.39, 0.29) is 11.5 Å². The topological polar surface area (TPSA) is 64.0 Å². The van der Waals surface area contributed by atoms with Crippen molar-refractivity contribution in [3.8, 4) is 11.3 Å². The maximum Gasteiger partial charge on any atom is 0.266 e. The number of amides is 1. The minimum atomic E-state index is -0.208. The van der Waals surface area contributed by atoms with Gasteiger partial charge in [-0.05, 0) is 36.2 Å². The van der Waals surface area contributed by atoms with Crippen LogP contribution in [-0.4, -0.2) is 22.2 Å². The summed E-state index contributed by atoms with van der Waals surface area (Å²) in [5.41, 5.74) is 3.42. The van der Waals surface area contributed by atoms with Crippen molar-refractivity contribution in [3.05, 3.63) is 87.2 Å². The number of carbonyl (C=O) groups excluding carboxylic acids is 1. The van der Waals surface area contributed by atoms with E-state index in [1.165, 1.54) is 10.7 Å². The maximum atomic E-state index is 12.1. The molecule has 0 aliphatic heterocycles.